The van der Waals surface area contributed by atoms with E-state index in [-0.39, 0.29) is 17.7 Å². The molecule has 3 aromatic carbocycles. The number of likely N-dealkylation sites (tertiary alicyclic amines) is 1. The minimum absolute atomic E-state index is 0.0317. The normalized spacial score (nSPS) is 14.3. The number of carbonyl (C=O) groups excluding carboxylic acids is 2. The second-order valence-electron chi connectivity index (χ2n) is 8.35. The van der Waals surface area contributed by atoms with E-state index in [1.165, 1.54) is 11.8 Å². The molecule has 0 radical (unpaired) electrons. The van der Waals surface area contributed by atoms with Gasteiger partial charge in [0.15, 0.2) is 5.16 Å². The first-order chi connectivity index (χ1) is 16.7. The second-order valence-corrected chi connectivity index (χ2v) is 9.30. The highest BCUT2D eigenvalue weighted by atomic mass is 32.2. The lowest BCUT2D eigenvalue weighted by molar-refractivity contribution is -0.132. The number of rotatable bonds is 6. The highest BCUT2D eigenvalue weighted by molar-refractivity contribution is 7.99. The lowest BCUT2D eigenvalue weighted by atomic mass is 9.96. The number of nitrogens with zero attached hydrogens (tertiary/aromatic N) is 3. The Morgan fingerprint density at radius 2 is 1.53 bits per heavy atom. The van der Waals surface area contributed by atoms with Crippen LogP contribution in [0.4, 0.5) is 5.69 Å². The monoisotopic (exact) mass is 470 g/mol. The topological polar surface area (TPSA) is 67.2 Å². The Labute approximate surface area is 203 Å². The molecule has 0 saturated carbocycles. The summed E-state index contributed by atoms with van der Waals surface area (Å²) in [4.78, 5) is 32.2. The first kappa shape index (κ1) is 22.2. The van der Waals surface area contributed by atoms with Gasteiger partial charge in [-0.25, -0.2) is 4.98 Å². The highest BCUT2D eigenvalue weighted by Gasteiger charge is 2.27. The van der Waals surface area contributed by atoms with Crippen LogP contribution in [0.5, 0.6) is 0 Å². The van der Waals surface area contributed by atoms with Crippen molar-refractivity contribution in [2.75, 3.05) is 24.2 Å². The predicted molar refractivity (Wildman–Crippen MR) is 136 cm³/mol. The molecule has 0 spiro atoms. The third-order valence-corrected chi connectivity index (χ3v) is 7.05. The van der Waals surface area contributed by atoms with Crippen molar-refractivity contribution in [3.05, 3.63) is 84.9 Å². The summed E-state index contributed by atoms with van der Waals surface area (Å²) in [5, 5.41) is 3.78. The van der Waals surface area contributed by atoms with E-state index in [9.17, 15) is 9.59 Å². The van der Waals surface area contributed by atoms with Gasteiger partial charge < -0.3 is 10.2 Å². The van der Waals surface area contributed by atoms with Gasteiger partial charge in [-0.05, 0) is 49.2 Å². The molecule has 4 aromatic rings. The van der Waals surface area contributed by atoms with Gasteiger partial charge in [0.25, 0.3) is 0 Å². The fourth-order valence-corrected chi connectivity index (χ4v) is 5.23. The van der Waals surface area contributed by atoms with Crippen molar-refractivity contribution < 1.29 is 9.59 Å². The molecule has 5 rings (SSSR count). The molecule has 1 N–H and O–H groups in total. The molecule has 0 aliphatic carbocycles. The number of imidazole rings is 1. The Hall–Kier alpha value is -3.58. The maximum Gasteiger partial charge on any atom is 0.233 e. The first-order valence-electron chi connectivity index (χ1n) is 11.5. The van der Waals surface area contributed by atoms with Crippen molar-refractivity contribution in [3.63, 3.8) is 0 Å². The molecule has 1 aliphatic rings. The third-order valence-electron chi connectivity index (χ3n) is 6.13. The summed E-state index contributed by atoms with van der Waals surface area (Å²) in [7, 11) is 0. The van der Waals surface area contributed by atoms with Gasteiger partial charge in [0.1, 0.15) is 0 Å². The molecule has 1 fully saturated rings. The standard InChI is InChI=1S/C27H26N4O2S/c32-25(30-17-15-20(16-18-30)26(33)28-21-9-3-1-4-10-21)19-34-27-29-23-13-7-8-14-24(23)31(27)22-11-5-2-6-12-22/h1-14,20H,15-19H2,(H,28,33). The van der Waals surface area contributed by atoms with E-state index in [4.69, 9.17) is 4.98 Å². The average molecular weight is 471 g/mol. The number of anilines is 1. The maximum atomic E-state index is 13.0. The number of piperidine rings is 1. The summed E-state index contributed by atoms with van der Waals surface area (Å²) in [6, 6.07) is 27.6. The molecule has 7 heteroatoms. The Bertz CT molecular complexity index is 1280. The molecular weight excluding hydrogens is 444 g/mol. The van der Waals surface area contributed by atoms with Crippen LogP contribution < -0.4 is 5.32 Å². The Balaban J connectivity index is 1.21. The van der Waals surface area contributed by atoms with E-state index in [0.717, 1.165) is 27.6 Å². The molecular formula is C27H26N4O2S. The Morgan fingerprint density at radius 3 is 2.26 bits per heavy atom. The highest BCUT2D eigenvalue weighted by Crippen LogP contribution is 2.28. The van der Waals surface area contributed by atoms with E-state index < -0.39 is 0 Å². The number of fused-ring (bicyclic) bond motifs is 1. The third kappa shape index (κ3) is 4.84. The van der Waals surface area contributed by atoms with E-state index in [1.807, 2.05) is 89.8 Å². The van der Waals surface area contributed by atoms with E-state index in [2.05, 4.69) is 9.88 Å². The maximum absolute atomic E-state index is 13.0. The molecule has 2 heterocycles. The minimum Gasteiger partial charge on any atom is -0.342 e. The fraction of sp³-hybridized carbons (Fsp3) is 0.222. The van der Waals surface area contributed by atoms with Crippen molar-refractivity contribution >= 4 is 40.3 Å². The molecule has 0 atom stereocenters. The predicted octanol–water partition coefficient (Wildman–Crippen LogP) is 4.99. The van der Waals surface area contributed by atoms with Crippen LogP contribution in [-0.4, -0.2) is 45.1 Å². The lowest BCUT2D eigenvalue weighted by Gasteiger charge is -2.31. The summed E-state index contributed by atoms with van der Waals surface area (Å²) in [5.74, 6) is 0.360. The van der Waals surface area contributed by atoms with Gasteiger partial charge in [-0.1, -0.05) is 60.3 Å². The van der Waals surface area contributed by atoms with Gasteiger partial charge >= 0.3 is 0 Å². The zero-order valence-corrected chi connectivity index (χ0v) is 19.6. The summed E-state index contributed by atoms with van der Waals surface area (Å²) in [6.07, 6.45) is 1.36. The van der Waals surface area contributed by atoms with Crippen LogP contribution in [0, 0.1) is 5.92 Å². The SMILES string of the molecule is O=C(Nc1ccccc1)C1CCN(C(=O)CSc2nc3ccccc3n2-c2ccccc2)CC1. The molecule has 172 valence electrons. The second kappa shape index (κ2) is 10.1. The van der Waals surface area contributed by atoms with Crippen molar-refractivity contribution in [1.82, 2.24) is 14.5 Å². The molecule has 6 nitrogen and oxygen atoms in total. The molecule has 2 amide bonds. The van der Waals surface area contributed by atoms with Crippen molar-refractivity contribution in [1.29, 1.82) is 0 Å². The summed E-state index contributed by atoms with van der Waals surface area (Å²) in [5.41, 5.74) is 3.76. The van der Waals surface area contributed by atoms with Gasteiger partial charge in [0.2, 0.25) is 11.8 Å². The van der Waals surface area contributed by atoms with Crippen LogP contribution in [0.15, 0.2) is 90.1 Å². The number of benzene rings is 3. The van der Waals surface area contributed by atoms with E-state index >= 15 is 0 Å². The summed E-state index contributed by atoms with van der Waals surface area (Å²) in [6.45, 7) is 1.20. The van der Waals surface area contributed by atoms with Crippen LogP contribution in [-0.2, 0) is 9.59 Å². The largest absolute Gasteiger partial charge is 0.342 e. The van der Waals surface area contributed by atoms with Crippen molar-refractivity contribution in [2.24, 2.45) is 5.92 Å². The number of thioether (sulfide) groups is 1. The van der Waals surface area contributed by atoms with Gasteiger partial charge in [-0.3, -0.25) is 14.2 Å². The van der Waals surface area contributed by atoms with Gasteiger partial charge in [-0.15, -0.1) is 0 Å². The molecule has 1 aliphatic heterocycles. The van der Waals surface area contributed by atoms with Gasteiger partial charge in [0, 0.05) is 30.4 Å². The number of amides is 2. The number of hydrogen-bond donors (Lipinski definition) is 1. The van der Waals surface area contributed by atoms with Crippen molar-refractivity contribution in [2.45, 2.75) is 18.0 Å². The van der Waals surface area contributed by atoms with Crippen LogP contribution in [0.2, 0.25) is 0 Å². The van der Waals surface area contributed by atoms with Crippen molar-refractivity contribution in [3.8, 4) is 5.69 Å². The van der Waals surface area contributed by atoms with E-state index in [1.54, 1.807) is 0 Å². The average Bonchev–Trinajstić information content (AvgIpc) is 3.27. The van der Waals surface area contributed by atoms with E-state index in [0.29, 0.717) is 31.7 Å². The van der Waals surface area contributed by atoms with Gasteiger partial charge in [-0.2, -0.15) is 0 Å². The fourth-order valence-electron chi connectivity index (χ4n) is 4.30. The van der Waals surface area contributed by atoms with Crippen LogP contribution in [0.25, 0.3) is 16.7 Å². The molecule has 0 unspecified atom stereocenters. The number of hydrogen-bond acceptors (Lipinski definition) is 4. The van der Waals surface area contributed by atoms with Crippen LogP contribution in [0.1, 0.15) is 12.8 Å². The number of carbonyl (C=O) groups is 2. The van der Waals surface area contributed by atoms with Crippen LogP contribution in [0.3, 0.4) is 0 Å². The lowest BCUT2D eigenvalue weighted by Crippen LogP contribution is -2.42. The Kier molecular flexibility index (Phi) is 6.62. The summed E-state index contributed by atoms with van der Waals surface area (Å²) < 4.78 is 2.10. The number of nitrogens with one attached hydrogen (secondary N) is 1. The zero-order valence-electron chi connectivity index (χ0n) is 18.8. The summed E-state index contributed by atoms with van der Waals surface area (Å²) >= 11 is 1.46. The minimum atomic E-state index is -0.0702. The molecule has 1 aromatic heterocycles. The van der Waals surface area contributed by atoms with Gasteiger partial charge in [0.05, 0.1) is 16.8 Å². The zero-order chi connectivity index (χ0) is 23.3. The number of para-hydroxylation sites is 4. The number of aromatic nitrogens is 2. The van der Waals surface area contributed by atoms with Crippen LogP contribution >= 0.6 is 11.8 Å². The first-order valence-corrected chi connectivity index (χ1v) is 12.5. The molecule has 0 bridgehead atoms. The molecule has 34 heavy (non-hydrogen) atoms. The Morgan fingerprint density at radius 1 is 0.882 bits per heavy atom. The quantitative estimate of drug-likeness (QED) is 0.403. The molecule has 1 saturated heterocycles. The smallest absolute Gasteiger partial charge is 0.233 e.